The predicted molar refractivity (Wildman–Crippen MR) is 96.9 cm³/mol. The van der Waals surface area contributed by atoms with Crippen LogP contribution in [-0.4, -0.2) is 16.0 Å². The van der Waals surface area contributed by atoms with Gasteiger partial charge in [0.15, 0.2) is 0 Å². The van der Waals surface area contributed by atoms with Crippen molar-refractivity contribution in [1.29, 1.82) is 0 Å². The highest BCUT2D eigenvalue weighted by Crippen LogP contribution is 2.28. The molecule has 0 fully saturated rings. The SMILES string of the molecule is C.CC(C)(C)c1ccc(CN(C(C)(C)C)C(C)(C)C)cc1. The smallest absolute Gasteiger partial charge is 0.0244 e. The van der Waals surface area contributed by atoms with E-state index in [1.807, 2.05) is 0 Å². The maximum Gasteiger partial charge on any atom is 0.0244 e. The van der Waals surface area contributed by atoms with Crippen molar-refractivity contribution in [2.24, 2.45) is 0 Å². The zero-order valence-electron chi connectivity index (χ0n) is 15.0. The molecule has 0 saturated carbocycles. The van der Waals surface area contributed by atoms with Crippen LogP contribution in [0.4, 0.5) is 0 Å². The lowest BCUT2D eigenvalue weighted by Crippen LogP contribution is -2.51. The Hall–Kier alpha value is -0.820. The van der Waals surface area contributed by atoms with E-state index >= 15 is 0 Å². The predicted octanol–water partition coefficient (Wildman–Crippen LogP) is 6.02. The molecule has 0 saturated heterocycles. The van der Waals surface area contributed by atoms with Gasteiger partial charge in [-0.1, -0.05) is 52.5 Å². The third-order valence-corrected chi connectivity index (χ3v) is 3.78. The van der Waals surface area contributed by atoms with E-state index in [0.29, 0.717) is 0 Å². The summed E-state index contributed by atoms with van der Waals surface area (Å²) in [6.45, 7) is 21.5. The number of hydrogen-bond donors (Lipinski definition) is 0. The molecule has 0 radical (unpaired) electrons. The zero-order valence-corrected chi connectivity index (χ0v) is 15.0. The average Bonchev–Trinajstić information content (AvgIpc) is 2.22. The number of benzene rings is 1. The lowest BCUT2D eigenvalue weighted by molar-refractivity contribution is 0.0298. The summed E-state index contributed by atoms with van der Waals surface area (Å²) >= 11 is 0. The van der Waals surface area contributed by atoms with Gasteiger partial charge >= 0.3 is 0 Å². The maximum absolute atomic E-state index is 2.56. The highest BCUT2D eigenvalue weighted by molar-refractivity contribution is 5.27. The Morgan fingerprint density at radius 1 is 0.714 bits per heavy atom. The molecule has 0 N–H and O–H groups in total. The summed E-state index contributed by atoms with van der Waals surface area (Å²) in [5.74, 6) is 0. The Labute approximate surface area is 133 Å². The number of nitrogens with zero attached hydrogens (tertiary/aromatic N) is 1. The summed E-state index contributed by atoms with van der Waals surface area (Å²) < 4.78 is 0. The van der Waals surface area contributed by atoms with Gasteiger partial charge in [-0.3, -0.25) is 4.90 Å². The first kappa shape index (κ1) is 20.2. The van der Waals surface area contributed by atoms with Gasteiger partial charge in [0.05, 0.1) is 0 Å². The molecule has 0 aliphatic carbocycles. The minimum Gasteiger partial charge on any atom is -0.289 e. The normalized spacial score (nSPS) is 13.2. The average molecular weight is 292 g/mol. The highest BCUT2D eigenvalue weighted by Gasteiger charge is 2.31. The van der Waals surface area contributed by atoms with Crippen molar-refractivity contribution in [1.82, 2.24) is 4.90 Å². The lowest BCUT2D eigenvalue weighted by Gasteiger charge is -2.45. The molecule has 0 spiro atoms. The molecule has 0 bridgehead atoms. The summed E-state index contributed by atoms with van der Waals surface area (Å²) in [7, 11) is 0. The Bertz CT molecular complexity index is 407. The number of hydrogen-bond acceptors (Lipinski definition) is 1. The van der Waals surface area contributed by atoms with Crippen molar-refractivity contribution in [3.05, 3.63) is 35.4 Å². The van der Waals surface area contributed by atoms with E-state index in [4.69, 9.17) is 0 Å². The van der Waals surface area contributed by atoms with Crippen LogP contribution in [0.1, 0.15) is 80.9 Å². The summed E-state index contributed by atoms with van der Waals surface area (Å²) in [5.41, 5.74) is 3.36. The van der Waals surface area contributed by atoms with E-state index < -0.39 is 0 Å². The molecule has 1 aromatic rings. The van der Waals surface area contributed by atoms with Crippen LogP contribution in [0.25, 0.3) is 0 Å². The summed E-state index contributed by atoms with van der Waals surface area (Å²) in [5, 5.41) is 0. The van der Waals surface area contributed by atoms with Crippen LogP contribution in [-0.2, 0) is 12.0 Å². The largest absolute Gasteiger partial charge is 0.289 e. The quantitative estimate of drug-likeness (QED) is 0.644. The first-order chi connectivity index (χ1) is 8.82. The third kappa shape index (κ3) is 5.82. The second kappa shape index (κ2) is 6.52. The Morgan fingerprint density at radius 2 is 1.10 bits per heavy atom. The minimum absolute atomic E-state index is 0. The van der Waals surface area contributed by atoms with Crippen LogP contribution >= 0.6 is 0 Å². The Kier molecular flexibility index (Phi) is 6.27. The van der Waals surface area contributed by atoms with E-state index in [0.717, 1.165) is 6.54 Å². The van der Waals surface area contributed by atoms with Gasteiger partial charge in [0, 0.05) is 17.6 Å². The van der Waals surface area contributed by atoms with Gasteiger partial charge in [0.25, 0.3) is 0 Å². The van der Waals surface area contributed by atoms with Gasteiger partial charge in [-0.05, 0) is 58.1 Å². The molecular weight excluding hydrogens is 254 g/mol. The second-order valence-electron chi connectivity index (χ2n) is 8.87. The molecule has 1 heteroatoms. The van der Waals surface area contributed by atoms with Crippen molar-refractivity contribution in [2.45, 2.75) is 92.8 Å². The van der Waals surface area contributed by atoms with Gasteiger partial charge < -0.3 is 0 Å². The molecule has 0 heterocycles. The van der Waals surface area contributed by atoms with Gasteiger partial charge in [0.2, 0.25) is 0 Å². The summed E-state index contributed by atoms with van der Waals surface area (Å²) in [4.78, 5) is 2.56. The van der Waals surface area contributed by atoms with E-state index in [9.17, 15) is 0 Å². The monoisotopic (exact) mass is 291 g/mol. The molecule has 21 heavy (non-hydrogen) atoms. The fourth-order valence-corrected chi connectivity index (χ4v) is 2.77. The van der Waals surface area contributed by atoms with Gasteiger partial charge in [-0.25, -0.2) is 0 Å². The maximum atomic E-state index is 2.56. The molecule has 0 aliphatic heterocycles. The van der Waals surface area contributed by atoms with Crippen LogP contribution in [0.5, 0.6) is 0 Å². The van der Waals surface area contributed by atoms with Crippen molar-refractivity contribution in [3.63, 3.8) is 0 Å². The standard InChI is InChI=1S/C19H33N.CH4/c1-17(2,3)16-12-10-15(11-13-16)14-20(18(4,5)6)19(7,8)9;/h10-13H,14H2,1-9H3;1H4. The van der Waals surface area contributed by atoms with Gasteiger partial charge in [-0.15, -0.1) is 0 Å². The Morgan fingerprint density at radius 3 is 1.38 bits per heavy atom. The van der Waals surface area contributed by atoms with E-state index in [2.05, 4.69) is 91.5 Å². The molecule has 0 aliphatic rings. The summed E-state index contributed by atoms with van der Waals surface area (Å²) in [6, 6.07) is 9.12. The van der Waals surface area contributed by atoms with E-state index in [1.54, 1.807) is 0 Å². The topological polar surface area (TPSA) is 3.24 Å². The summed E-state index contributed by atoms with van der Waals surface area (Å²) in [6.07, 6.45) is 0. The van der Waals surface area contributed by atoms with Gasteiger partial charge in [-0.2, -0.15) is 0 Å². The van der Waals surface area contributed by atoms with Gasteiger partial charge in [0.1, 0.15) is 0 Å². The van der Waals surface area contributed by atoms with E-state index in [-0.39, 0.29) is 23.9 Å². The minimum atomic E-state index is 0. The fraction of sp³-hybridized carbons (Fsp3) is 0.700. The molecule has 1 nitrogen and oxygen atoms in total. The zero-order chi connectivity index (χ0) is 15.8. The Balaban J connectivity index is 0.00000400. The molecule has 0 amide bonds. The molecule has 1 rings (SSSR count). The van der Waals surface area contributed by atoms with Crippen LogP contribution < -0.4 is 0 Å². The fourth-order valence-electron chi connectivity index (χ4n) is 2.77. The molecule has 122 valence electrons. The first-order valence-electron chi connectivity index (χ1n) is 7.69. The van der Waals surface area contributed by atoms with Crippen LogP contribution in [0.15, 0.2) is 24.3 Å². The molecule has 1 aromatic carbocycles. The van der Waals surface area contributed by atoms with Crippen molar-refractivity contribution in [3.8, 4) is 0 Å². The highest BCUT2D eigenvalue weighted by atomic mass is 15.2. The number of rotatable bonds is 2. The van der Waals surface area contributed by atoms with Crippen molar-refractivity contribution in [2.75, 3.05) is 0 Å². The van der Waals surface area contributed by atoms with Crippen LogP contribution in [0.2, 0.25) is 0 Å². The van der Waals surface area contributed by atoms with Crippen LogP contribution in [0, 0.1) is 0 Å². The van der Waals surface area contributed by atoms with Crippen molar-refractivity contribution < 1.29 is 0 Å². The first-order valence-corrected chi connectivity index (χ1v) is 7.69. The van der Waals surface area contributed by atoms with E-state index in [1.165, 1.54) is 11.1 Å². The third-order valence-electron chi connectivity index (χ3n) is 3.78. The molecular formula is C20H37N. The lowest BCUT2D eigenvalue weighted by atomic mass is 9.86. The molecule has 0 aromatic heterocycles. The second-order valence-corrected chi connectivity index (χ2v) is 8.87. The molecule has 0 unspecified atom stereocenters. The molecule has 0 atom stereocenters. The van der Waals surface area contributed by atoms with Crippen LogP contribution in [0.3, 0.4) is 0 Å². The van der Waals surface area contributed by atoms with Crippen molar-refractivity contribution >= 4 is 0 Å².